The Hall–Kier alpha value is -3.48. The largest absolute Gasteiger partial charge is 0.348 e. The highest BCUT2D eigenvalue weighted by Gasteiger charge is 2.13. The minimum atomic E-state index is -0.281. The maximum absolute atomic E-state index is 12.6. The van der Waals surface area contributed by atoms with Crippen LogP contribution < -0.4 is 16.2 Å². The van der Waals surface area contributed by atoms with Crippen molar-refractivity contribution < 1.29 is 9.59 Å². The molecule has 29 heavy (non-hydrogen) atoms. The topological polar surface area (TPSA) is 93.1 Å². The maximum Gasteiger partial charge on any atom is 0.261 e. The Balaban J connectivity index is 1.67. The summed E-state index contributed by atoms with van der Waals surface area (Å²) in [6, 6.07) is 12.5. The molecule has 0 aliphatic heterocycles. The Morgan fingerprint density at radius 2 is 1.83 bits per heavy atom. The third-order valence-corrected chi connectivity index (χ3v) is 4.76. The zero-order valence-corrected chi connectivity index (χ0v) is 16.7. The molecule has 2 amide bonds. The first-order chi connectivity index (χ1) is 13.9. The molecular weight excluding hydrogens is 368 g/mol. The first kappa shape index (κ1) is 20.3. The van der Waals surface area contributed by atoms with Crippen LogP contribution in [0.5, 0.6) is 0 Å². The van der Waals surface area contributed by atoms with Gasteiger partial charge in [0.25, 0.3) is 5.56 Å². The average molecular weight is 392 g/mol. The molecule has 150 valence electrons. The van der Waals surface area contributed by atoms with Crippen LogP contribution in [0.15, 0.2) is 53.6 Å². The van der Waals surface area contributed by atoms with Crippen molar-refractivity contribution in [2.24, 2.45) is 0 Å². The predicted octanol–water partition coefficient (Wildman–Crippen LogP) is 2.93. The molecule has 3 rings (SSSR count). The summed E-state index contributed by atoms with van der Waals surface area (Å²) < 4.78 is 1.31. The zero-order chi connectivity index (χ0) is 21.0. The lowest BCUT2D eigenvalue weighted by Crippen LogP contribution is -2.34. The number of carbonyl (C=O) groups is 2. The zero-order valence-electron chi connectivity index (χ0n) is 16.7. The molecule has 0 saturated heterocycles. The molecule has 7 nitrogen and oxygen atoms in total. The molecule has 7 heteroatoms. The molecule has 2 aromatic carbocycles. The summed E-state index contributed by atoms with van der Waals surface area (Å²) in [7, 11) is 0. The highest BCUT2D eigenvalue weighted by atomic mass is 16.2. The van der Waals surface area contributed by atoms with Gasteiger partial charge in [-0.2, -0.15) is 0 Å². The van der Waals surface area contributed by atoms with E-state index in [2.05, 4.69) is 15.6 Å². The summed E-state index contributed by atoms with van der Waals surface area (Å²) in [5.74, 6) is -0.333. The van der Waals surface area contributed by atoms with E-state index in [4.69, 9.17) is 0 Å². The van der Waals surface area contributed by atoms with Gasteiger partial charge < -0.3 is 10.6 Å². The molecule has 1 aromatic heterocycles. The minimum absolute atomic E-state index is 0.0521. The van der Waals surface area contributed by atoms with E-state index in [1.807, 2.05) is 32.0 Å². The summed E-state index contributed by atoms with van der Waals surface area (Å²) in [6.45, 7) is 5.44. The molecular formula is C22H24N4O3. The van der Waals surface area contributed by atoms with Gasteiger partial charge in [-0.05, 0) is 43.2 Å². The van der Waals surface area contributed by atoms with Crippen LogP contribution >= 0.6 is 0 Å². The van der Waals surface area contributed by atoms with Gasteiger partial charge in [-0.3, -0.25) is 19.0 Å². The number of amides is 2. The Labute approximate surface area is 168 Å². The SMILES string of the molecule is CCC(=O)Nc1ccc(C(C)NC(=O)Cn2cnc3c(C)cccc3c2=O)cc1. The second kappa shape index (κ2) is 8.68. The van der Waals surface area contributed by atoms with Crippen molar-refractivity contribution in [2.75, 3.05) is 5.32 Å². The van der Waals surface area contributed by atoms with Gasteiger partial charge in [-0.15, -0.1) is 0 Å². The molecule has 2 N–H and O–H groups in total. The Bertz CT molecular complexity index is 1100. The summed E-state index contributed by atoms with van der Waals surface area (Å²) in [6.07, 6.45) is 1.82. The summed E-state index contributed by atoms with van der Waals surface area (Å²) in [5.41, 5.74) is 2.94. The average Bonchev–Trinajstić information content (AvgIpc) is 2.71. The third kappa shape index (κ3) is 4.68. The molecule has 0 aliphatic rings. The number of fused-ring (bicyclic) bond motifs is 1. The molecule has 0 saturated carbocycles. The summed E-state index contributed by atoms with van der Waals surface area (Å²) in [5, 5.41) is 6.17. The predicted molar refractivity (Wildman–Crippen MR) is 113 cm³/mol. The number of carbonyl (C=O) groups excluding carboxylic acids is 2. The van der Waals surface area contributed by atoms with E-state index in [1.54, 1.807) is 31.2 Å². The lowest BCUT2D eigenvalue weighted by Gasteiger charge is -2.16. The maximum atomic E-state index is 12.6. The van der Waals surface area contributed by atoms with E-state index >= 15 is 0 Å². The monoisotopic (exact) mass is 392 g/mol. The number of nitrogens with one attached hydrogen (secondary N) is 2. The van der Waals surface area contributed by atoms with Crippen LogP contribution in [0.4, 0.5) is 5.69 Å². The van der Waals surface area contributed by atoms with E-state index in [0.29, 0.717) is 23.0 Å². The van der Waals surface area contributed by atoms with Crippen LogP contribution in [0.2, 0.25) is 0 Å². The quantitative estimate of drug-likeness (QED) is 0.675. The van der Waals surface area contributed by atoms with Gasteiger partial charge in [0.2, 0.25) is 11.8 Å². The Kier molecular flexibility index (Phi) is 6.07. The number of nitrogens with zero attached hydrogens (tertiary/aromatic N) is 2. The lowest BCUT2D eigenvalue weighted by atomic mass is 10.1. The standard InChI is InChI=1S/C22H24N4O3/c1-4-19(27)25-17-10-8-16(9-11-17)15(3)24-20(28)12-26-13-23-21-14(2)6-5-7-18(21)22(26)29/h5-11,13,15H,4,12H2,1-3H3,(H,24,28)(H,25,27). The van der Waals surface area contributed by atoms with Gasteiger partial charge in [0.1, 0.15) is 6.54 Å². The molecule has 1 heterocycles. The Morgan fingerprint density at radius 3 is 2.52 bits per heavy atom. The highest BCUT2D eigenvalue weighted by molar-refractivity contribution is 5.90. The number of aromatic nitrogens is 2. The molecule has 0 bridgehead atoms. The van der Waals surface area contributed by atoms with Gasteiger partial charge in [-0.1, -0.05) is 31.2 Å². The first-order valence-corrected chi connectivity index (χ1v) is 9.53. The van der Waals surface area contributed by atoms with E-state index < -0.39 is 0 Å². The van der Waals surface area contributed by atoms with Crippen molar-refractivity contribution in [1.29, 1.82) is 0 Å². The van der Waals surface area contributed by atoms with Crippen molar-refractivity contribution >= 4 is 28.4 Å². The molecule has 0 aliphatic carbocycles. The van der Waals surface area contributed by atoms with Crippen LogP contribution in [0, 0.1) is 6.92 Å². The number of benzene rings is 2. The van der Waals surface area contributed by atoms with Crippen molar-refractivity contribution in [3.05, 3.63) is 70.3 Å². The fourth-order valence-corrected chi connectivity index (χ4v) is 3.08. The van der Waals surface area contributed by atoms with E-state index in [0.717, 1.165) is 11.1 Å². The summed E-state index contributed by atoms with van der Waals surface area (Å²) in [4.78, 5) is 40.8. The van der Waals surface area contributed by atoms with Gasteiger partial charge in [0, 0.05) is 12.1 Å². The highest BCUT2D eigenvalue weighted by Crippen LogP contribution is 2.16. The van der Waals surface area contributed by atoms with E-state index in [1.165, 1.54) is 10.9 Å². The van der Waals surface area contributed by atoms with Crippen molar-refractivity contribution in [1.82, 2.24) is 14.9 Å². The van der Waals surface area contributed by atoms with E-state index in [9.17, 15) is 14.4 Å². The van der Waals surface area contributed by atoms with Crippen molar-refractivity contribution in [3.8, 4) is 0 Å². The smallest absolute Gasteiger partial charge is 0.261 e. The molecule has 1 atom stereocenters. The number of para-hydroxylation sites is 1. The Morgan fingerprint density at radius 1 is 1.10 bits per heavy atom. The minimum Gasteiger partial charge on any atom is -0.348 e. The fourth-order valence-electron chi connectivity index (χ4n) is 3.08. The molecule has 3 aromatic rings. The second-order valence-electron chi connectivity index (χ2n) is 6.96. The van der Waals surface area contributed by atoms with Gasteiger partial charge in [0.15, 0.2) is 0 Å². The van der Waals surface area contributed by atoms with Crippen molar-refractivity contribution in [2.45, 2.75) is 39.8 Å². The molecule has 1 unspecified atom stereocenters. The lowest BCUT2D eigenvalue weighted by molar-refractivity contribution is -0.122. The first-order valence-electron chi connectivity index (χ1n) is 9.53. The number of rotatable bonds is 6. The number of anilines is 1. The fraction of sp³-hybridized carbons (Fsp3) is 0.273. The van der Waals surface area contributed by atoms with Gasteiger partial charge >= 0.3 is 0 Å². The second-order valence-corrected chi connectivity index (χ2v) is 6.96. The molecule has 0 spiro atoms. The van der Waals surface area contributed by atoms with Gasteiger partial charge in [-0.25, -0.2) is 4.98 Å². The van der Waals surface area contributed by atoms with Crippen LogP contribution in [0.25, 0.3) is 10.9 Å². The van der Waals surface area contributed by atoms with Crippen molar-refractivity contribution in [3.63, 3.8) is 0 Å². The molecule has 0 radical (unpaired) electrons. The van der Waals surface area contributed by atoms with Crippen LogP contribution in [0.1, 0.15) is 37.4 Å². The van der Waals surface area contributed by atoms with Crippen LogP contribution in [-0.4, -0.2) is 21.4 Å². The summed E-state index contributed by atoms with van der Waals surface area (Å²) >= 11 is 0. The third-order valence-electron chi connectivity index (χ3n) is 4.76. The normalized spacial score (nSPS) is 11.8. The number of hydrogen-bond acceptors (Lipinski definition) is 4. The number of hydrogen-bond donors (Lipinski definition) is 2. The van der Waals surface area contributed by atoms with E-state index in [-0.39, 0.29) is 30.0 Å². The van der Waals surface area contributed by atoms with Crippen LogP contribution in [0.3, 0.4) is 0 Å². The number of aryl methyl sites for hydroxylation is 1. The van der Waals surface area contributed by atoms with Gasteiger partial charge in [0.05, 0.1) is 23.3 Å². The molecule has 0 fully saturated rings. The van der Waals surface area contributed by atoms with Crippen LogP contribution in [-0.2, 0) is 16.1 Å².